The molecule has 2 heterocycles. The molecule has 0 aromatic heterocycles. The van der Waals surface area contributed by atoms with E-state index in [1.165, 1.54) is 17.7 Å². The smallest absolute Gasteiger partial charge is 0.318 e. The van der Waals surface area contributed by atoms with Crippen LogP contribution >= 0.6 is 12.4 Å². The van der Waals surface area contributed by atoms with E-state index in [2.05, 4.69) is 16.7 Å². The molecular formula is C22H26ClFN4O2. The van der Waals surface area contributed by atoms with E-state index in [4.69, 9.17) is 0 Å². The number of hydrogen-bond donors (Lipinski definition) is 2. The lowest BCUT2D eigenvalue weighted by Crippen LogP contribution is -2.52. The molecule has 0 aliphatic carbocycles. The summed E-state index contributed by atoms with van der Waals surface area (Å²) in [6, 6.07) is 14.0. The standard InChI is InChI=1S/C22H25FN4O2.ClH/c23-19-7-3-6-17(12-19)20-13-24-9-11-27(20)21(28)14-25-22(29)26-10-8-16-4-1-2-5-18(16)15-26;/h1-7,12,20,24H,8-11,13-15H2,(H,25,29);1H. The molecule has 0 spiro atoms. The Morgan fingerprint density at radius 2 is 1.90 bits per heavy atom. The van der Waals surface area contributed by atoms with Crippen LogP contribution in [-0.4, -0.2) is 54.5 Å². The number of nitrogens with zero attached hydrogens (tertiary/aromatic N) is 2. The van der Waals surface area contributed by atoms with Crippen molar-refractivity contribution < 1.29 is 14.0 Å². The molecule has 1 saturated heterocycles. The number of urea groups is 1. The number of amides is 3. The molecule has 0 radical (unpaired) electrons. The van der Waals surface area contributed by atoms with Crippen LogP contribution in [0.3, 0.4) is 0 Å². The Bertz CT molecular complexity index is 910. The first-order valence-corrected chi connectivity index (χ1v) is 9.97. The van der Waals surface area contributed by atoms with Crippen molar-refractivity contribution in [2.45, 2.75) is 19.0 Å². The Kier molecular flexibility index (Phi) is 7.29. The van der Waals surface area contributed by atoms with Crippen LogP contribution in [0.2, 0.25) is 0 Å². The average Bonchev–Trinajstić information content (AvgIpc) is 2.77. The molecule has 1 atom stereocenters. The largest absolute Gasteiger partial charge is 0.332 e. The highest BCUT2D eigenvalue weighted by atomic mass is 35.5. The van der Waals surface area contributed by atoms with Gasteiger partial charge < -0.3 is 20.4 Å². The summed E-state index contributed by atoms with van der Waals surface area (Å²) >= 11 is 0. The molecule has 2 aromatic carbocycles. The van der Waals surface area contributed by atoms with Gasteiger partial charge in [-0.05, 0) is 35.2 Å². The number of rotatable bonds is 3. The first-order valence-electron chi connectivity index (χ1n) is 9.97. The predicted molar refractivity (Wildman–Crippen MR) is 115 cm³/mol. The third-order valence-electron chi connectivity index (χ3n) is 5.61. The van der Waals surface area contributed by atoms with Crippen LogP contribution < -0.4 is 10.6 Å². The third-order valence-corrected chi connectivity index (χ3v) is 5.61. The number of halogens is 2. The van der Waals surface area contributed by atoms with Gasteiger partial charge in [-0.1, -0.05) is 36.4 Å². The minimum atomic E-state index is -0.320. The summed E-state index contributed by atoms with van der Waals surface area (Å²) in [4.78, 5) is 28.8. The highest BCUT2D eigenvalue weighted by Crippen LogP contribution is 2.23. The Labute approximate surface area is 181 Å². The Morgan fingerprint density at radius 1 is 1.10 bits per heavy atom. The minimum absolute atomic E-state index is 0. The number of piperazine rings is 1. The summed E-state index contributed by atoms with van der Waals surface area (Å²) in [6.45, 7) is 2.88. The third kappa shape index (κ3) is 4.91. The molecule has 8 heteroatoms. The van der Waals surface area contributed by atoms with Gasteiger partial charge >= 0.3 is 6.03 Å². The molecule has 0 saturated carbocycles. The lowest BCUT2D eigenvalue weighted by molar-refractivity contribution is -0.133. The van der Waals surface area contributed by atoms with Crippen molar-refractivity contribution in [1.29, 1.82) is 0 Å². The van der Waals surface area contributed by atoms with E-state index < -0.39 is 0 Å². The van der Waals surface area contributed by atoms with Crippen LogP contribution in [0.15, 0.2) is 48.5 Å². The van der Waals surface area contributed by atoms with E-state index in [0.717, 1.165) is 17.5 Å². The van der Waals surface area contributed by atoms with Gasteiger partial charge in [0.1, 0.15) is 5.82 Å². The van der Waals surface area contributed by atoms with Gasteiger partial charge in [-0.2, -0.15) is 0 Å². The second-order valence-electron chi connectivity index (χ2n) is 7.46. The summed E-state index contributed by atoms with van der Waals surface area (Å²) in [5, 5.41) is 6.02. The molecule has 3 amide bonds. The minimum Gasteiger partial charge on any atom is -0.332 e. The number of fused-ring (bicyclic) bond motifs is 1. The van der Waals surface area contributed by atoms with E-state index in [1.54, 1.807) is 15.9 Å². The summed E-state index contributed by atoms with van der Waals surface area (Å²) < 4.78 is 13.6. The van der Waals surface area contributed by atoms with Crippen LogP contribution in [0.4, 0.5) is 9.18 Å². The van der Waals surface area contributed by atoms with Gasteiger partial charge in [-0.25, -0.2) is 9.18 Å². The van der Waals surface area contributed by atoms with Crippen molar-refractivity contribution >= 4 is 24.3 Å². The zero-order chi connectivity index (χ0) is 20.2. The summed E-state index contributed by atoms with van der Waals surface area (Å²) in [5.41, 5.74) is 3.17. The summed E-state index contributed by atoms with van der Waals surface area (Å²) in [7, 11) is 0. The number of nitrogens with one attached hydrogen (secondary N) is 2. The van der Waals surface area contributed by atoms with E-state index >= 15 is 0 Å². The van der Waals surface area contributed by atoms with Gasteiger partial charge in [0, 0.05) is 32.7 Å². The maximum absolute atomic E-state index is 13.6. The van der Waals surface area contributed by atoms with Crippen molar-refractivity contribution in [3.8, 4) is 0 Å². The van der Waals surface area contributed by atoms with Crippen LogP contribution in [0.1, 0.15) is 22.7 Å². The van der Waals surface area contributed by atoms with E-state index in [0.29, 0.717) is 32.7 Å². The molecule has 1 unspecified atom stereocenters. The maximum atomic E-state index is 13.6. The van der Waals surface area contributed by atoms with Crippen molar-refractivity contribution in [1.82, 2.24) is 20.4 Å². The fraction of sp³-hybridized carbons (Fsp3) is 0.364. The number of hydrogen-bond acceptors (Lipinski definition) is 3. The molecule has 2 aliphatic rings. The van der Waals surface area contributed by atoms with Crippen LogP contribution in [0.25, 0.3) is 0 Å². The molecule has 2 aromatic rings. The highest BCUT2D eigenvalue weighted by Gasteiger charge is 2.29. The number of benzene rings is 2. The van der Waals surface area contributed by atoms with E-state index in [1.807, 2.05) is 24.3 Å². The van der Waals surface area contributed by atoms with E-state index in [-0.39, 0.29) is 42.7 Å². The first-order chi connectivity index (χ1) is 14.1. The predicted octanol–water partition coefficient (Wildman–Crippen LogP) is 2.49. The van der Waals surface area contributed by atoms with Crippen molar-refractivity contribution in [2.24, 2.45) is 0 Å². The van der Waals surface area contributed by atoms with Crippen molar-refractivity contribution in [3.63, 3.8) is 0 Å². The van der Waals surface area contributed by atoms with Gasteiger partial charge in [0.15, 0.2) is 0 Å². The van der Waals surface area contributed by atoms with Gasteiger partial charge in [-0.15, -0.1) is 12.4 Å². The highest BCUT2D eigenvalue weighted by molar-refractivity contribution is 5.85. The second kappa shape index (κ2) is 9.91. The van der Waals surface area contributed by atoms with Crippen molar-refractivity contribution in [2.75, 3.05) is 32.7 Å². The first kappa shape index (κ1) is 22.1. The SMILES string of the molecule is Cl.O=C(NCC(=O)N1CCNCC1c1cccc(F)c1)N1CCc2ccccc2C1. The van der Waals surface area contributed by atoms with Gasteiger partial charge in [0.25, 0.3) is 0 Å². The van der Waals surface area contributed by atoms with Crippen molar-refractivity contribution in [3.05, 3.63) is 71.0 Å². The molecule has 4 rings (SSSR count). The van der Waals surface area contributed by atoms with Crippen LogP contribution in [0, 0.1) is 5.82 Å². The number of carbonyl (C=O) groups is 2. The van der Waals surface area contributed by atoms with Crippen LogP contribution in [-0.2, 0) is 17.8 Å². The Hall–Kier alpha value is -2.64. The summed E-state index contributed by atoms with van der Waals surface area (Å²) in [6.07, 6.45) is 0.816. The van der Waals surface area contributed by atoms with Gasteiger partial charge in [0.2, 0.25) is 5.91 Å². The monoisotopic (exact) mass is 432 g/mol. The molecule has 2 aliphatic heterocycles. The summed E-state index contributed by atoms with van der Waals surface area (Å²) in [5.74, 6) is -0.481. The van der Waals surface area contributed by atoms with Crippen LogP contribution in [0.5, 0.6) is 0 Å². The molecule has 1 fully saturated rings. The normalized spacial score (nSPS) is 18.2. The lowest BCUT2D eigenvalue weighted by atomic mass is 10.0. The van der Waals surface area contributed by atoms with Gasteiger partial charge in [-0.3, -0.25) is 4.79 Å². The fourth-order valence-corrected chi connectivity index (χ4v) is 4.05. The molecule has 2 N–H and O–H groups in total. The topological polar surface area (TPSA) is 64.7 Å². The zero-order valence-electron chi connectivity index (χ0n) is 16.6. The van der Waals surface area contributed by atoms with E-state index in [9.17, 15) is 14.0 Å². The Balaban J connectivity index is 0.00000256. The average molecular weight is 433 g/mol. The molecule has 30 heavy (non-hydrogen) atoms. The second-order valence-corrected chi connectivity index (χ2v) is 7.46. The lowest BCUT2D eigenvalue weighted by Gasteiger charge is -2.37. The molecule has 6 nitrogen and oxygen atoms in total. The molecule has 0 bridgehead atoms. The van der Waals surface area contributed by atoms with Gasteiger partial charge in [0.05, 0.1) is 12.6 Å². The molecule has 160 valence electrons. The maximum Gasteiger partial charge on any atom is 0.318 e. The quantitative estimate of drug-likeness (QED) is 0.783. The fourth-order valence-electron chi connectivity index (χ4n) is 4.05. The molecular weight excluding hydrogens is 407 g/mol. The Morgan fingerprint density at radius 3 is 2.70 bits per heavy atom. The zero-order valence-corrected chi connectivity index (χ0v) is 17.5. The number of carbonyl (C=O) groups excluding carboxylic acids is 2.